The van der Waals surface area contributed by atoms with Crippen LogP contribution in [0.3, 0.4) is 0 Å². The third-order valence-corrected chi connectivity index (χ3v) is 4.15. The molecular formula is C18H28N2O2. The normalized spacial score (nSPS) is 18.1. The molecule has 0 aromatic heterocycles. The number of likely N-dealkylation sites (N-methyl/N-ethyl adjacent to an activating group) is 1. The molecule has 4 nitrogen and oxygen atoms in total. The summed E-state index contributed by atoms with van der Waals surface area (Å²) in [5.41, 5.74) is 1.11. The van der Waals surface area contributed by atoms with E-state index >= 15 is 0 Å². The van der Waals surface area contributed by atoms with Crippen LogP contribution in [0.2, 0.25) is 0 Å². The fraction of sp³-hybridized carbons (Fsp3) is 0.556. The van der Waals surface area contributed by atoms with Crippen molar-refractivity contribution in [3.63, 3.8) is 0 Å². The molecule has 1 aliphatic heterocycles. The standard InChI is InChI=1S/C18H28N2O2/c1-3-7-16-8-5-6-9-18(16)22-15-17(21)14-20-12-10-19(4-2)11-13-20/h3,5-6,8-9,17,21H,1,4,7,10-15H2,2H3. The Morgan fingerprint density at radius 2 is 1.91 bits per heavy atom. The van der Waals surface area contributed by atoms with Gasteiger partial charge in [-0.2, -0.15) is 0 Å². The van der Waals surface area contributed by atoms with Crippen molar-refractivity contribution in [2.24, 2.45) is 0 Å². The van der Waals surface area contributed by atoms with Crippen molar-refractivity contribution in [2.75, 3.05) is 45.9 Å². The van der Waals surface area contributed by atoms with Crippen LogP contribution in [0, 0.1) is 0 Å². The van der Waals surface area contributed by atoms with E-state index in [4.69, 9.17) is 4.74 Å². The summed E-state index contributed by atoms with van der Waals surface area (Å²) < 4.78 is 5.80. The van der Waals surface area contributed by atoms with Crippen LogP contribution in [-0.4, -0.2) is 66.9 Å². The first kappa shape index (κ1) is 17.0. The lowest BCUT2D eigenvalue weighted by molar-refractivity contribution is 0.0469. The minimum absolute atomic E-state index is 0.335. The SMILES string of the molecule is C=CCc1ccccc1OCC(O)CN1CCN(CC)CC1. The highest BCUT2D eigenvalue weighted by Gasteiger charge is 2.18. The second kappa shape index (κ2) is 8.93. The van der Waals surface area contributed by atoms with Crippen LogP contribution in [0.5, 0.6) is 5.75 Å². The number of ether oxygens (including phenoxy) is 1. The van der Waals surface area contributed by atoms with Gasteiger partial charge < -0.3 is 14.7 Å². The molecule has 0 spiro atoms. The van der Waals surface area contributed by atoms with E-state index in [-0.39, 0.29) is 0 Å². The molecule has 1 aromatic carbocycles. The largest absolute Gasteiger partial charge is 0.491 e. The van der Waals surface area contributed by atoms with Gasteiger partial charge in [0.25, 0.3) is 0 Å². The molecule has 0 aliphatic carbocycles. The van der Waals surface area contributed by atoms with Gasteiger partial charge in [0.2, 0.25) is 0 Å². The highest BCUT2D eigenvalue weighted by molar-refractivity contribution is 5.34. The lowest BCUT2D eigenvalue weighted by Gasteiger charge is -2.34. The molecule has 1 saturated heterocycles. The van der Waals surface area contributed by atoms with Crippen molar-refractivity contribution >= 4 is 0 Å². The van der Waals surface area contributed by atoms with Crippen LogP contribution < -0.4 is 4.74 Å². The number of nitrogens with zero attached hydrogens (tertiary/aromatic N) is 2. The first-order valence-electron chi connectivity index (χ1n) is 8.17. The van der Waals surface area contributed by atoms with Crippen LogP contribution >= 0.6 is 0 Å². The van der Waals surface area contributed by atoms with Crippen molar-refractivity contribution in [1.29, 1.82) is 0 Å². The Morgan fingerprint density at radius 3 is 2.59 bits per heavy atom. The third kappa shape index (κ3) is 5.13. The van der Waals surface area contributed by atoms with E-state index in [9.17, 15) is 5.11 Å². The highest BCUT2D eigenvalue weighted by Crippen LogP contribution is 2.19. The fourth-order valence-electron chi connectivity index (χ4n) is 2.79. The Kier molecular flexibility index (Phi) is 6.90. The molecule has 1 aliphatic rings. The van der Waals surface area contributed by atoms with Gasteiger partial charge in [-0.1, -0.05) is 31.2 Å². The number of hydrogen-bond acceptors (Lipinski definition) is 4. The van der Waals surface area contributed by atoms with Crippen molar-refractivity contribution in [3.8, 4) is 5.75 Å². The first-order valence-corrected chi connectivity index (χ1v) is 8.17. The lowest BCUT2D eigenvalue weighted by Crippen LogP contribution is -2.49. The number of para-hydroxylation sites is 1. The third-order valence-electron chi connectivity index (χ3n) is 4.15. The second-order valence-corrected chi connectivity index (χ2v) is 5.80. The second-order valence-electron chi connectivity index (χ2n) is 5.80. The van der Waals surface area contributed by atoms with Gasteiger partial charge in [0, 0.05) is 32.7 Å². The maximum atomic E-state index is 10.2. The Hall–Kier alpha value is -1.36. The highest BCUT2D eigenvalue weighted by atomic mass is 16.5. The van der Waals surface area contributed by atoms with Gasteiger partial charge in [-0.25, -0.2) is 0 Å². The number of piperazine rings is 1. The van der Waals surface area contributed by atoms with Crippen LogP contribution in [-0.2, 0) is 6.42 Å². The maximum Gasteiger partial charge on any atom is 0.122 e. The molecule has 0 saturated carbocycles. The van der Waals surface area contributed by atoms with Crippen LogP contribution in [0.4, 0.5) is 0 Å². The van der Waals surface area contributed by atoms with E-state index in [1.165, 1.54) is 0 Å². The minimum Gasteiger partial charge on any atom is -0.491 e. The summed E-state index contributed by atoms with van der Waals surface area (Å²) in [6, 6.07) is 7.94. The molecule has 1 aromatic rings. The predicted octanol–water partition coefficient (Wildman–Crippen LogP) is 1.79. The minimum atomic E-state index is -0.454. The van der Waals surface area contributed by atoms with E-state index in [1.54, 1.807) is 0 Å². The number of benzene rings is 1. The molecule has 1 fully saturated rings. The number of aliphatic hydroxyl groups is 1. The zero-order valence-corrected chi connectivity index (χ0v) is 13.6. The molecular weight excluding hydrogens is 276 g/mol. The molecule has 22 heavy (non-hydrogen) atoms. The van der Waals surface area contributed by atoms with Crippen LogP contribution in [0.1, 0.15) is 12.5 Å². The number of β-amino-alcohol motifs (C(OH)–C–C–N with tert-alkyl or cyclic N) is 1. The van der Waals surface area contributed by atoms with E-state index in [2.05, 4.69) is 23.3 Å². The molecule has 1 N–H and O–H groups in total. The van der Waals surface area contributed by atoms with Crippen molar-refractivity contribution in [2.45, 2.75) is 19.4 Å². The van der Waals surface area contributed by atoms with Crippen LogP contribution in [0.15, 0.2) is 36.9 Å². The van der Waals surface area contributed by atoms with Gasteiger partial charge in [0.05, 0.1) is 0 Å². The average Bonchev–Trinajstić information content (AvgIpc) is 2.55. The Balaban J connectivity index is 1.76. The number of rotatable bonds is 8. The zero-order chi connectivity index (χ0) is 15.8. The molecule has 122 valence electrons. The molecule has 0 amide bonds. The number of aliphatic hydroxyl groups excluding tert-OH is 1. The summed E-state index contributed by atoms with van der Waals surface area (Å²) in [4.78, 5) is 4.75. The molecule has 1 heterocycles. The summed E-state index contributed by atoms with van der Waals surface area (Å²) in [7, 11) is 0. The van der Waals surface area contributed by atoms with Crippen molar-refractivity contribution in [3.05, 3.63) is 42.5 Å². The van der Waals surface area contributed by atoms with Gasteiger partial charge in [-0.15, -0.1) is 6.58 Å². The Labute approximate surface area is 134 Å². The molecule has 0 radical (unpaired) electrons. The Morgan fingerprint density at radius 1 is 1.23 bits per heavy atom. The van der Waals surface area contributed by atoms with E-state index in [1.807, 2.05) is 30.3 Å². The average molecular weight is 304 g/mol. The van der Waals surface area contributed by atoms with Gasteiger partial charge in [0.1, 0.15) is 18.5 Å². The van der Waals surface area contributed by atoms with Crippen molar-refractivity contribution < 1.29 is 9.84 Å². The number of allylic oxidation sites excluding steroid dienone is 1. The lowest BCUT2D eigenvalue weighted by atomic mass is 10.1. The van der Waals surface area contributed by atoms with Gasteiger partial charge in [0.15, 0.2) is 0 Å². The van der Waals surface area contributed by atoms with E-state index in [0.29, 0.717) is 13.2 Å². The molecule has 1 atom stereocenters. The summed E-state index contributed by atoms with van der Waals surface area (Å²) in [6.45, 7) is 12.3. The molecule has 1 unspecified atom stereocenters. The summed E-state index contributed by atoms with van der Waals surface area (Å²) in [6.07, 6.45) is 2.20. The maximum absolute atomic E-state index is 10.2. The first-order chi connectivity index (χ1) is 10.7. The predicted molar refractivity (Wildman–Crippen MR) is 90.4 cm³/mol. The summed E-state index contributed by atoms with van der Waals surface area (Å²) >= 11 is 0. The van der Waals surface area contributed by atoms with E-state index < -0.39 is 6.10 Å². The van der Waals surface area contributed by atoms with Crippen LogP contribution in [0.25, 0.3) is 0 Å². The fourth-order valence-corrected chi connectivity index (χ4v) is 2.79. The quantitative estimate of drug-likeness (QED) is 0.743. The topological polar surface area (TPSA) is 35.9 Å². The summed E-state index contributed by atoms with van der Waals surface area (Å²) in [5, 5.41) is 10.2. The van der Waals surface area contributed by atoms with Crippen molar-refractivity contribution in [1.82, 2.24) is 9.80 Å². The zero-order valence-electron chi connectivity index (χ0n) is 13.6. The van der Waals surface area contributed by atoms with Gasteiger partial charge in [-0.05, 0) is 24.6 Å². The summed E-state index contributed by atoms with van der Waals surface area (Å²) in [5.74, 6) is 0.845. The van der Waals surface area contributed by atoms with Gasteiger partial charge in [-0.3, -0.25) is 4.90 Å². The molecule has 4 heteroatoms. The van der Waals surface area contributed by atoms with Gasteiger partial charge >= 0.3 is 0 Å². The Bertz CT molecular complexity index is 456. The monoisotopic (exact) mass is 304 g/mol. The molecule has 0 bridgehead atoms. The molecule has 2 rings (SSSR count). The number of hydrogen-bond donors (Lipinski definition) is 1. The smallest absolute Gasteiger partial charge is 0.122 e. The van der Waals surface area contributed by atoms with E-state index in [0.717, 1.165) is 50.5 Å².